The van der Waals surface area contributed by atoms with Gasteiger partial charge in [0.1, 0.15) is 5.00 Å². The Kier molecular flexibility index (Phi) is 7.95. The Morgan fingerprint density at radius 3 is 2.47 bits per heavy atom. The Labute approximate surface area is 194 Å². The maximum atomic E-state index is 12.9. The van der Waals surface area contributed by atoms with E-state index in [1.165, 1.54) is 16.9 Å². The zero-order valence-corrected chi connectivity index (χ0v) is 19.7. The first kappa shape index (κ1) is 23.0. The van der Waals surface area contributed by atoms with Crippen molar-refractivity contribution in [2.75, 3.05) is 44.6 Å². The molecule has 1 N–H and O–H groups in total. The van der Waals surface area contributed by atoms with Crippen LogP contribution in [0.2, 0.25) is 0 Å². The molecule has 172 valence electrons. The lowest BCUT2D eigenvalue weighted by atomic mass is 10.1. The highest BCUT2D eigenvalue weighted by Gasteiger charge is 2.27. The molecule has 2 aliphatic rings. The van der Waals surface area contributed by atoms with Gasteiger partial charge in [-0.2, -0.15) is 0 Å². The van der Waals surface area contributed by atoms with Gasteiger partial charge in [-0.25, -0.2) is 4.79 Å². The van der Waals surface area contributed by atoms with E-state index in [2.05, 4.69) is 39.4 Å². The van der Waals surface area contributed by atoms with Gasteiger partial charge in [0.25, 0.3) is 0 Å². The van der Waals surface area contributed by atoms with Crippen LogP contribution in [0.5, 0.6) is 0 Å². The van der Waals surface area contributed by atoms with Gasteiger partial charge in [-0.05, 0) is 43.7 Å². The van der Waals surface area contributed by atoms with E-state index in [1.807, 2.05) is 13.0 Å². The Balaban J connectivity index is 1.34. The molecule has 1 aromatic heterocycles. The van der Waals surface area contributed by atoms with Crippen molar-refractivity contribution in [2.45, 2.75) is 45.6 Å². The van der Waals surface area contributed by atoms with E-state index < -0.39 is 0 Å². The molecule has 7 heteroatoms. The zero-order valence-electron chi connectivity index (χ0n) is 18.9. The van der Waals surface area contributed by atoms with E-state index in [-0.39, 0.29) is 11.9 Å². The number of ether oxygens (including phenoxy) is 1. The summed E-state index contributed by atoms with van der Waals surface area (Å²) in [5.74, 6) is -0.361. The molecule has 1 amide bonds. The Bertz CT molecular complexity index is 920. The second-order valence-electron chi connectivity index (χ2n) is 8.58. The lowest BCUT2D eigenvalue weighted by Gasteiger charge is -2.34. The number of hydrogen-bond donors (Lipinski definition) is 1. The van der Waals surface area contributed by atoms with Crippen molar-refractivity contribution in [3.63, 3.8) is 0 Å². The van der Waals surface area contributed by atoms with E-state index in [0.717, 1.165) is 64.0 Å². The van der Waals surface area contributed by atoms with Crippen LogP contribution in [0.3, 0.4) is 0 Å². The highest BCUT2D eigenvalue weighted by atomic mass is 32.1. The third-order valence-corrected chi connectivity index (χ3v) is 7.44. The maximum Gasteiger partial charge on any atom is 0.341 e. The largest absolute Gasteiger partial charge is 0.462 e. The lowest BCUT2D eigenvalue weighted by Crippen LogP contribution is -2.48. The molecule has 2 heterocycles. The average Bonchev–Trinajstić information content (AvgIpc) is 2.96. The minimum Gasteiger partial charge on any atom is -0.462 e. The van der Waals surface area contributed by atoms with Crippen molar-refractivity contribution in [3.05, 3.63) is 51.9 Å². The van der Waals surface area contributed by atoms with Gasteiger partial charge in [-0.3, -0.25) is 14.6 Å². The first-order valence-electron chi connectivity index (χ1n) is 11.7. The summed E-state index contributed by atoms with van der Waals surface area (Å²) in [6.07, 6.45) is 5.26. The highest BCUT2D eigenvalue weighted by Crippen LogP contribution is 2.38. The lowest BCUT2D eigenvalue weighted by molar-refractivity contribution is -0.117. The highest BCUT2D eigenvalue weighted by molar-refractivity contribution is 7.17. The molecule has 1 fully saturated rings. The van der Waals surface area contributed by atoms with Crippen LogP contribution in [0.15, 0.2) is 30.3 Å². The number of benzene rings is 1. The summed E-state index contributed by atoms with van der Waals surface area (Å²) in [5, 5.41) is 3.72. The number of thiophene rings is 1. The predicted octanol–water partition coefficient (Wildman–Crippen LogP) is 3.95. The van der Waals surface area contributed by atoms with Crippen LogP contribution in [0.1, 0.15) is 52.5 Å². The van der Waals surface area contributed by atoms with E-state index in [4.69, 9.17) is 4.74 Å². The number of fused-ring (bicyclic) bond motifs is 1. The number of anilines is 1. The monoisotopic (exact) mass is 455 g/mol. The SMILES string of the molecule is CCOC(=O)c1c(NC(=O)CN2CCN(Cc3ccccc3)CC2)sc2c1CCCCC2. The van der Waals surface area contributed by atoms with Crippen LogP contribution in [0.4, 0.5) is 5.00 Å². The number of rotatable bonds is 7. The number of aryl methyl sites for hydroxylation is 1. The van der Waals surface area contributed by atoms with Crippen molar-refractivity contribution in [1.29, 1.82) is 0 Å². The van der Waals surface area contributed by atoms with Crippen LogP contribution in [-0.2, 0) is 28.9 Å². The van der Waals surface area contributed by atoms with Gasteiger partial charge in [0.15, 0.2) is 0 Å². The van der Waals surface area contributed by atoms with Gasteiger partial charge in [-0.1, -0.05) is 36.8 Å². The molecule has 6 nitrogen and oxygen atoms in total. The zero-order chi connectivity index (χ0) is 22.3. The molecule has 0 radical (unpaired) electrons. The minimum atomic E-state index is -0.309. The quantitative estimate of drug-likeness (QED) is 0.506. The second-order valence-corrected chi connectivity index (χ2v) is 9.68. The molecular weight excluding hydrogens is 422 g/mol. The summed E-state index contributed by atoms with van der Waals surface area (Å²) in [7, 11) is 0. The molecule has 1 saturated heterocycles. The number of hydrogen-bond acceptors (Lipinski definition) is 6. The van der Waals surface area contributed by atoms with E-state index in [0.29, 0.717) is 23.7 Å². The topological polar surface area (TPSA) is 61.9 Å². The van der Waals surface area contributed by atoms with Gasteiger partial charge in [-0.15, -0.1) is 11.3 Å². The van der Waals surface area contributed by atoms with Crippen LogP contribution in [0.25, 0.3) is 0 Å². The predicted molar refractivity (Wildman–Crippen MR) is 128 cm³/mol. The van der Waals surface area contributed by atoms with Crippen LogP contribution in [-0.4, -0.2) is 61.0 Å². The summed E-state index contributed by atoms with van der Waals surface area (Å²) in [4.78, 5) is 31.4. The number of esters is 1. The van der Waals surface area contributed by atoms with E-state index >= 15 is 0 Å². The molecule has 1 aliphatic heterocycles. The standard InChI is InChI=1S/C25H33N3O3S/c1-2-31-25(30)23-20-11-7-4-8-12-21(20)32-24(23)26-22(29)18-28-15-13-27(14-16-28)17-19-9-5-3-6-10-19/h3,5-6,9-10H,2,4,7-8,11-18H2,1H3,(H,26,29). The fourth-order valence-electron chi connectivity index (χ4n) is 4.57. The molecular formula is C25H33N3O3S. The third-order valence-electron chi connectivity index (χ3n) is 6.23. The Hall–Kier alpha value is -2.22. The van der Waals surface area contributed by atoms with E-state index in [9.17, 15) is 9.59 Å². The van der Waals surface area contributed by atoms with Crippen molar-refractivity contribution < 1.29 is 14.3 Å². The summed E-state index contributed by atoms with van der Waals surface area (Å²) >= 11 is 1.56. The van der Waals surface area contributed by atoms with Gasteiger partial charge < -0.3 is 10.1 Å². The Morgan fingerprint density at radius 1 is 1.00 bits per heavy atom. The molecule has 0 unspecified atom stereocenters. The molecule has 0 bridgehead atoms. The van der Waals surface area contributed by atoms with E-state index in [1.54, 1.807) is 11.3 Å². The number of piperazine rings is 1. The summed E-state index contributed by atoms with van der Waals surface area (Å²) < 4.78 is 5.33. The molecule has 0 saturated carbocycles. The maximum absolute atomic E-state index is 12.9. The molecule has 0 atom stereocenters. The minimum absolute atomic E-state index is 0.0523. The molecule has 0 spiro atoms. The van der Waals surface area contributed by atoms with Crippen molar-refractivity contribution in [2.24, 2.45) is 0 Å². The van der Waals surface area contributed by atoms with Crippen molar-refractivity contribution in [3.8, 4) is 0 Å². The fourth-order valence-corrected chi connectivity index (χ4v) is 5.86. The third kappa shape index (κ3) is 5.77. The Morgan fingerprint density at radius 2 is 1.72 bits per heavy atom. The van der Waals surface area contributed by atoms with Gasteiger partial charge in [0, 0.05) is 37.6 Å². The first-order valence-corrected chi connectivity index (χ1v) is 12.6. The molecule has 1 aromatic carbocycles. The number of nitrogens with zero attached hydrogens (tertiary/aromatic N) is 2. The number of carbonyl (C=O) groups excluding carboxylic acids is 2. The first-order chi connectivity index (χ1) is 15.6. The normalized spacial score (nSPS) is 17.4. The van der Waals surface area contributed by atoms with Crippen molar-refractivity contribution >= 4 is 28.2 Å². The van der Waals surface area contributed by atoms with Crippen LogP contribution < -0.4 is 5.32 Å². The molecule has 1 aliphatic carbocycles. The van der Waals surface area contributed by atoms with Crippen LogP contribution >= 0.6 is 11.3 Å². The van der Waals surface area contributed by atoms with Crippen LogP contribution in [0, 0.1) is 0 Å². The van der Waals surface area contributed by atoms with Gasteiger partial charge in [0.2, 0.25) is 5.91 Å². The summed E-state index contributed by atoms with van der Waals surface area (Å²) in [6, 6.07) is 10.5. The fraction of sp³-hybridized carbons (Fsp3) is 0.520. The van der Waals surface area contributed by atoms with Crippen molar-refractivity contribution in [1.82, 2.24) is 9.80 Å². The number of amides is 1. The van der Waals surface area contributed by atoms with Gasteiger partial charge >= 0.3 is 5.97 Å². The molecule has 4 rings (SSSR count). The smallest absolute Gasteiger partial charge is 0.341 e. The molecule has 2 aromatic rings. The number of nitrogens with one attached hydrogen (secondary N) is 1. The summed E-state index contributed by atoms with van der Waals surface area (Å²) in [6.45, 7) is 7.09. The molecule has 32 heavy (non-hydrogen) atoms. The second kappa shape index (κ2) is 11.1. The number of carbonyl (C=O) groups is 2. The average molecular weight is 456 g/mol. The van der Waals surface area contributed by atoms with Gasteiger partial charge in [0.05, 0.1) is 18.7 Å². The summed E-state index contributed by atoms with van der Waals surface area (Å²) in [5.41, 5.74) is 3.01.